The van der Waals surface area contributed by atoms with E-state index in [1.807, 2.05) is 0 Å². The van der Waals surface area contributed by atoms with Gasteiger partial charge >= 0.3 is 5.97 Å². The highest BCUT2D eigenvalue weighted by molar-refractivity contribution is 6.31. The molecule has 1 aliphatic rings. The standard InChI is InChI=1S/C15H18ClNO3/c16-12-7-11(15(19)20)8-13(9-12)17-14(18)10-5-3-1-2-4-6-10/h7-10H,1-6H2,(H,17,18)(H,19,20). The average Bonchev–Trinajstić information content (AvgIpc) is 2.66. The van der Waals surface area contributed by atoms with Crippen molar-refractivity contribution in [2.45, 2.75) is 38.5 Å². The zero-order chi connectivity index (χ0) is 14.5. The van der Waals surface area contributed by atoms with Crippen LogP contribution in [0.2, 0.25) is 5.02 Å². The minimum atomic E-state index is -1.06. The van der Waals surface area contributed by atoms with Gasteiger partial charge in [-0.1, -0.05) is 37.3 Å². The molecular formula is C15H18ClNO3. The van der Waals surface area contributed by atoms with Gasteiger partial charge in [-0.25, -0.2) is 4.79 Å². The van der Waals surface area contributed by atoms with Crippen molar-refractivity contribution < 1.29 is 14.7 Å². The molecule has 0 radical (unpaired) electrons. The van der Waals surface area contributed by atoms with E-state index in [0.717, 1.165) is 25.7 Å². The van der Waals surface area contributed by atoms with E-state index in [1.54, 1.807) is 6.07 Å². The van der Waals surface area contributed by atoms with Crippen LogP contribution in [-0.4, -0.2) is 17.0 Å². The Hall–Kier alpha value is -1.55. The summed E-state index contributed by atoms with van der Waals surface area (Å²) in [5, 5.41) is 12.1. The third-order valence-electron chi connectivity index (χ3n) is 3.64. The Kier molecular flexibility index (Phi) is 5.01. The molecule has 1 fully saturated rings. The fourth-order valence-electron chi connectivity index (χ4n) is 2.57. The number of nitrogens with one attached hydrogen (secondary N) is 1. The van der Waals surface area contributed by atoms with Crippen LogP contribution in [0.3, 0.4) is 0 Å². The van der Waals surface area contributed by atoms with Crippen molar-refractivity contribution in [1.29, 1.82) is 0 Å². The number of aromatic carboxylic acids is 1. The van der Waals surface area contributed by atoms with E-state index in [9.17, 15) is 9.59 Å². The molecule has 0 spiro atoms. The van der Waals surface area contributed by atoms with E-state index in [2.05, 4.69) is 5.32 Å². The molecule has 1 saturated carbocycles. The molecule has 1 amide bonds. The molecule has 2 rings (SSSR count). The molecule has 20 heavy (non-hydrogen) atoms. The molecule has 0 atom stereocenters. The number of carbonyl (C=O) groups excluding carboxylic acids is 1. The molecule has 4 nitrogen and oxygen atoms in total. The second kappa shape index (κ2) is 6.75. The monoisotopic (exact) mass is 295 g/mol. The Morgan fingerprint density at radius 3 is 2.35 bits per heavy atom. The summed E-state index contributed by atoms with van der Waals surface area (Å²) in [7, 11) is 0. The number of hydrogen-bond donors (Lipinski definition) is 2. The highest BCUT2D eigenvalue weighted by Gasteiger charge is 2.20. The Balaban J connectivity index is 2.08. The van der Waals surface area contributed by atoms with Crippen LogP contribution in [0, 0.1) is 5.92 Å². The Labute approximate surface area is 123 Å². The molecule has 108 valence electrons. The molecule has 0 aromatic heterocycles. The molecule has 0 bridgehead atoms. The van der Waals surface area contributed by atoms with Crippen molar-refractivity contribution in [3.8, 4) is 0 Å². The van der Waals surface area contributed by atoms with E-state index in [-0.39, 0.29) is 17.4 Å². The van der Waals surface area contributed by atoms with E-state index in [0.29, 0.717) is 10.7 Å². The first-order valence-corrected chi connectivity index (χ1v) is 7.29. The summed E-state index contributed by atoms with van der Waals surface area (Å²) < 4.78 is 0. The van der Waals surface area contributed by atoms with Crippen LogP contribution >= 0.6 is 11.6 Å². The maximum atomic E-state index is 12.2. The van der Waals surface area contributed by atoms with Gasteiger partial charge < -0.3 is 10.4 Å². The van der Waals surface area contributed by atoms with Gasteiger partial charge in [-0.15, -0.1) is 0 Å². The largest absolute Gasteiger partial charge is 0.478 e. The van der Waals surface area contributed by atoms with Crippen molar-refractivity contribution in [2.75, 3.05) is 5.32 Å². The maximum Gasteiger partial charge on any atom is 0.335 e. The second-order valence-electron chi connectivity index (χ2n) is 5.21. The third kappa shape index (κ3) is 3.97. The van der Waals surface area contributed by atoms with Crippen LogP contribution in [0.5, 0.6) is 0 Å². The minimum Gasteiger partial charge on any atom is -0.478 e. The van der Waals surface area contributed by atoms with Crippen molar-refractivity contribution in [1.82, 2.24) is 0 Å². The lowest BCUT2D eigenvalue weighted by Crippen LogP contribution is -2.22. The molecule has 1 aromatic carbocycles. The number of carboxylic acids is 1. The molecular weight excluding hydrogens is 278 g/mol. The summed E-state index contributed by atoms with van der Waals surface area (Å²) in [5.41, 5.74) is 0.526. The minimum absolute atomic E-state index is 0.0183. The highest BCUT2D eigenvalue weighted by atomic mass is 35.5. The number of halogens is 1. The number of rotatable bonds is 3. The van der Waals surface area contributed by atoms with Gasteiger partial charge in [0.2, 0.25) is 5.91 Å². The zero-order valence-corrected chi connectivity index (χ0v) is 11.9. The molecule has 1 aromatic rings. The lowest BCUT2D eigenvalue weighted by atomic mass is 9.99. The van der Waals surface area contributed by atoms with Crippen LogP contribution in [0.25, 0.3) is 0 Å². The topological polar surface area (TPSA) is 66.4 Å². The maximum absolute atomic E-state index is 12.2. The van der Waals surface area contributed by atoms with Crippen molar-refractivity contribution in [2.24, 2.45) is 5.92 Å². The third-order valence-corrected chi connectivity index (χ3v) is 3.86. The van der Waals surface area contributed by atoms with Crippen LogP contribution in [0.1, 0.15) is 48.9 Å². The number of hydrogen-bond acceptors (Lipinski definition) is 2. The molecule has 0 saturated heterocycles. The summed E-state index contributed by atoms with van der Waals surface area (Å²) in [6.45, 7) is 0. The summed E-state index contributed by atoms with van der Waals surface area (Å²) >= 11 is 5.87. The molecule has 0 unspecified atom stereocenters. The Bertz CT molecular complexity index is 508. The van der Waals surface area contributed by atoms with Crippen LogP contribution in [0.15, 0.2) is 18.2 Å². The average molecular weight is 296 g/mol. The van der Waals surface area contributed by atoms with Crippen LogP contribution in [-0.2, 0) is 4.79 Å². The molecule has 0 heterocycles. The van der Waals surface area contributed by atoms with Crippen molar-refractivity contribution in [3.05, 3.63) is 28.8 Å². The van der Waals surface area contributed by atoms with Crippen molar-refractivity contribution in [3.63, 3.8) is 0 Å². The van der Waals surface area contributed by atoms with Gasteiger partial charge in [-0.05, 0) is 31.0 Å². The van der Waals surface area contributed by atoms with Crippen LogP contribution in [0.4, 0.5) is 5.69 Å². The summed E-state index contributed by atoms with van der Waals surface area (Å²) in [6, 6.07) is 4.37. The van der Waals surface area contributed by atoms with Crippen LogP contribution < -0.4 is 5.32 Å². The number of carboxylic acid groups (broad SMARTS) is 1. The summed E-state index contributed by atoms with van der Waals surface area (Å²) in [6.07, 6.45) is 6.33. The van der Waals surface area contributed by atoms with Gasteiger partial charge in [0.15, 0.2) is 0 Å². The first kappa shape index (κ1) is 14.9. The van der Waals surface area contributed by atoms with Gasteiger partial charge in [-0.3, -0.25) is 4.79 Å². The molecule has 2 N–H and O–H groups in total. The first-order chi connectivity index (χ1) is 9.56. The fourth-order valence-corrected chi connectivity index (χ4v) is 2.81. The Morgan fingerprint density at radius 2 is 1.75 bits per heavy atom. The first-order valence-electron chi connectivity index (χ1n) is 6.91. The van der Waals surface area contributed by atoms with E-state index in [4.69, 9.17) is 16.7 Å². The smallest absolute Gasteiger partial charge is 0.335 e. The number of amides is 1. The van der Waals surface area contributed by atoms with Gasteiger partial charge in [0.05, 0.1) is 5.56 Å². The number of benzene rings is 1. The van der Waals surface area contributed by atoms with Gasteiger partial charge in [0, 0.05) is 16.6 Å². The predicted octanol–water partition coefficient (Wildman–Crippen LogP) is 3.95. The Morgan fingerprint density at radius 1 is 1.10 bits per heavy atom. The normalized spacial score (nSPS) is 16.4. The molecule has 1 aliphatic carbocycles. The summed E-state index contributed by atoms with van der Waals surface area (Å²) in [5.74, 6) is -1.08. The van der Waals surface area contributed by atoms with Crippen molar-refractivity contribution >= 4 is 29.2 Å². The van der Waals surface area contributed by atoms with Gasteiger partial charge in [0.25, 0.3) is 0 Å². The van der Waals surface area contributed by atoms with Gasteiger partial charge in [-0.2, -0.15) is 0 Å². The number of anilines is 1. The van der Waals surface area contributed by atoms with E-state index in [1.165, 1.54) is 25.0 Å². The lowest BCUT2D eigenvalue weighted by Gasteiger charge is -2.14. The summed E-state index contributed by atoms with van der Waals surface area (Å²) in [4.78, 5) is 23.2. The predicted molar refractivity (Wildman–Crippen MR) is 78.2 cm³/mol. The SMILES string of the molecule is O=C(O)c1cc(Cl)cc(NC(=O)C2CCCCCC2)c1. The zero-order valence-electron chi connectivity index (χ0n) is 11.2. The highest BCUT2D eigenvalue weighted by Crippen LogP contribution is 2.25. The van der Waals surface area contributed by atoms with E-state index >= 15 is 0 Å². The molecule has 5 heteroatoms. The van der Waals surface area contributed by atoms with Gasteiger partial charge in [0.1, 0.15) is 0 Å². The lowest BCUT2D eigenvalue weighted by molar-refractivity contribution is -0.120. The molecule has 0 aliphatic heterocycles. The number of carbonyl (C=O) groups is 2. The second-order valence-corrected chi connectivity index (χ2v) is 5.65. The van der Waals surface area contributed by atoms with E-state index < -0.39 is 5.97 Å². The fraction of sp³-hybridized carbons (Fsp3) is 0.467. The quantitative estimate of drug-likeness (QED) is 0.830.